The predicted molar refractivity (Wildman–Crippen MR) is 104 cm³/mol. The van der Waals surface area contributed by atoms with Crippen molar-refractivity contribution in [2.24, 2.45) is 15.9 Å². The first-order chi connectivity index (χ1) is 13.1. The van der Waals surface area contributed by atoms with Crippen molar-refractivity contribution in [1.82, 2.24) is 15.1 Å². The number of hydrogen-bond donors (Lipinski definition) is 2. The minimum atomic E-state index is -0.351. The average molecular weight is 384 g/mol. The van der Waals surface area contributed by atoms with E-state index in [1.54, 1.807) is 17.4 Å². The summed E-state index contributed by atoms with van der Waals surface area (Å²) < 4.78 is 1.43. The van der Waals surface area contributed by atoms with Gasteiger partial charge in [0.05, 0.1) is 18.2 Å². The standard InChI is InChI=1S/C18H20N6O2S/c1-11-9-15(21-18(26)19-10-12-5-4-8-27-12)24(23-11)17-20-14-7-3-2-6-13(14)16(25)22-17/h4-5,8-9,13H,2-3,6-7,10H2,1H3,(H2,19,21,26). The van der Waals surface area contributed by atoms with E-state index in [1.165, 1.54) is 4.68 Å². The molecule has 0 radical (unpaired) electrons. The molecule has 8 nitrogen and oxygen atoms in total. The molecule has 3 heterocycles. The van der Waals surface area contributed by atoms with Gasteiger partial charge >= 0.3 is 6.03 Å². The Labute approximate surface area is 160 Å². The normalized spacial score (nSPS) is 19.1. The predicted octanol–water partition coefficient (Wildman–Crippen LogP) is 2.95. The molecule has 4 rings (SSSR count). The van der Waals surface area contributed by atoms with Gasteiger partial charge in [-0.3, -0.25) is 10.1 Å². The van der Waals surface area contributed by atoms with Gasteiger partial charge in [0.1, 0.15) is 5.82 Å². The summed E-state index contributed by atoms with van der Waals surface area (Å²) in [5.41, 5.74) is 1.57. The van der Waals surface area contributed by atoms with Gasteiger partial charge < -0.3 is 5.32 Å². The van der Waals surface area contributed by atoms with Crippen molar-refractivity contribution in [3.05, 3.63) is 34.2 Å². The number of rotatable bonds is 3. The summed E-state index contributed by atoms with van der Waals surface area (Å²) in [5.74, 6) is 0.289. The molecule has 140 valence electrons. The lowest BCUT2D eigenvalue weighted by Gasteiger charge is -2.24. The van der Waals surface area contributed by atoms with Gasteiger partial charge in [0.25, 0.3) is 11.9 Å². The number of anilines is 1. The van der Waals surface area contributed by atoms with Crippen LogP contribution in [0.2, 0.25) is 0 Å². The van der Waals surface area contributed by atoms with Crippen LogP contribution in [0.15, 0.2) is 33.6 Å². The topological polar surface area (TPSA) is 101 Å². The third kappa shape index (κ3) is 3.82. The lowest BCUT2D eigenvalue weighted by atomic mass is 9.86. The molecule has 2 aromatic rings. The van der Waals surface area contributed by atoms with Crippen LogP contribution in [0.4, 0.5) is 10.6 Å². The van der Waals surface area contributed by atoms with Crippen molar-refractivity contribution in [2.75, 3.05) is 5.32 Å². The van der Waals surface area contributed by atoms with Crippen molar-refractivity contribution < 1.29 is 9.59 Å². The number of aromatic nitrogens is 2. The Balaban J connectivity index is 1.52. The van der Waals surface area contributed by atoms with E-state index in [-0.39, 0.29) is 23.8 Å². The maximum Gasteiger partial charge on any atom is 0.320 e. The van der Waals surface area contributed by atoms with Crippen LogP contribution in [0.1, 0.15) is 36.3 Å². The van der Waals surface area contributed by atoms with Crippen molar-refractivity contribution in [2.45, 2.75) is 39.2 Å². The van der Waals surface area contributed by atoms with Gasteiger partial charge in [-0.2, -0.15) is 14.8 Å². The molecule has 1 atom stereocenters. The summed E-state index contributed by atoms with van der Waals surface area (Å²) in [6.45, 7) is 2.26. The second-order valence-electron chi connectivity index (χ2n) is 6.62. The number of nitrogens with zero attached hydrogens (tertiary/aromatic N) is 4. The number of thiophene rings is 1. The van der Waals surface area contributed by atoms with Crippen LogP contribution in [0.5, 0.6) is 0 Å². The highest BCUT2D eigenvalue weighted by atomic mass is 32.1. The van der Waals surface area contributed by atoms with Crippen LogP contribution in [-0.2, 0) is 11.3 Å². The molecule has 0 saturated heterocycles. The summed E-state index contributed by atoms with van der Waals surface area (Å²) in [6.07, 6.45) is 3.67. The molecule has 27 heavy (non-hydrogen) atoms. The van der Waals surface area contributed by atoms with Crippen molar-refractivity contribution in [3.8, 4) is 0 Å². The first kappa shape index (κ1) is 17.6. The molecule has 0 spiro atoms. The number of carbonyl (C=O) groups is 2. The van der Waals surface area contributed by atoms with Crippen LogP contribution >= 0.6 is 11.3 Å². The smallest absolute Gasteiger partial charge is 0.320 e. The molecule has 1 aliphatic heterocycles. The van der Waals surface area contributed by atoms with E-state index in [1.807, 2.05) is 24.4 Å². The van der Waals surface area contributed by atoms with Gasteiger partial charge in [-0.1, -0.05) is 12.5 Å². The molecular weight excluding hydrogens is 364 g/mol. The Hall–Kier alpha value is -2.81. The van der Waals surface area contributed by atoms with Crippen LogP contribution in [0.3, 0.4) is 0 Å². The molecule has 1 saturated carbocycles. The highest BCUT2D eigenvalue weighted by Crippen LogP contribution is 2.26. The second kappa shape index (κ2) is 7.43. The first-order valence-corrected chi connectivity index (χ1v) is 9.82. The molecular formula is C18H20N6O2S. The van der Waals surface area contributed by atoms with Gasteiger partial charge in [-0.25, -0.2) is 9.79 Å². The number of fused-ring (bicyclic) bond motifs is 1. The van der Waals surface area contributed by atoms with Gasteiger partial charge in [-0.15, -0.1) is 11.3 Å². The van der Waals surface area contributed by atoms with Crippen LogP contribution in [-0.4, -0.2) is 33.4 Å². The Morgan fingerprint density at radius 1 is 1.37 bits per heavy atom. The largest absolute Gasteiger partial charge is 0.333 e. The lowest BCUT2D eigenvalue weighted by molar-refractivity contribution is -0.120. The molecule has 1 aliphatic carbocycles. The molecule has 1 fully saturated rings. The van der Waals surface area contributed by atoms with Gasteiger partial charge in [0.2, 0.25) is 0 Å². The van der Waals surface area contributed by atoms with E-state index >= 15 is 0 Å². The zero-order chi connectivity index (χ0) is 18.8. The van der Waals surface area contributed by atoms with Crippen LogP contribution < -0.4 is 10.6 Å². The number of amides is 3. The van der Waals surface area contributed by atoms with E-state index < -0.39 is 0 Å². The van der Waals surface area contributed by atoms with Crippen molar-refractivity contribution in [3.63, 3.8) is 0 Å². The summed E-state index contributed by atoms with van der Waals surface area (Å²) in [6, 6.07) is 5.27. The van der Waals surface area contributed by atoms with E-state index in [2.05, 4.69) is 25.7 Å². The van der Waals surface area contributed by atoms with Gasteiger partial charge in [0.15, 0.2) is 0 Å². The lowest BCUT2D eigenvalue weighted by Crippen LogP contribution is -2.34. The third-order valence-electron chi connectivity index (χ3n) is 4.60. The fraction of sp³-hybridized carbons (Fsp3) is 0.389. The minimum Gasteiger partial charge on any atom is -0.333 e. The minimum absolute atomic E-state index is 0.170. The van der Waals surface area contributed by atoms with Crippen molar-refractivity contribution in [1.29, 1.82) is 0 Å². The first-order valence-electron chi connectivity index (χ1n) is 8.94. The highest BCUT2D eigenvalue weighted by Gasteiger charge is 2.32. The fourth-order valence-corrected chi connectivity index (χ4v) is 3.95. The molecule has 0 aromatic carbocycles. The number of nitrogens with one attached hydrogen (secondary N) is 2. The maximum atomic E-state index is 12.4. The van der Waals surface area contributed by atoms with Crippen molar-refractivity contribution >= 4 is 40.8 Å². The SMILES string of the molecule is Cc1cc(NC(=O)NCc2cccs2)n(C2=NC(=O)C3CCCCC3=N2)n1. The Kier molecular flexibility index (Phi) is 4.85. The molecule has 0 bridgehead atoms. The zero-order valence-electron chi connectivity index (χ0n) is 14.9. The van der Waals surface area contributed by atoms with E-state index in [0.29, 0.717) is 18.1 Å². The quantitative estimate of drug-likeness (QED) is 0.851. The Bertz CT molecular complexity index is 928. The van der Waals surface area contributed by atoms with E-state index in [0.717, 1.165) is 36.3 Å². The molecule has 9 heteroatoms. The number of aryl methyl sites for hydroxylation is 1. The number of hydrogen-bond acceptors (Lipinski definition) is 5. The molecule has 3 amide bonds. The molecule has 2 aromatic heterocycles. The third-order valence-corrected chi connectivity index (χ3v) is 5.47. The zero-order valence-corrected chi connectivity index (χ0v) is 15.8. The number of urea groups is 1. The van der Waals surface area contributed by atoms with Gasteiger partial charge in [0, 0.05) is 16.7 Å². The Morgan fingerprint density at radius 2 is 2.26 bits per heavy atom. The molecule has 2 N–H and O–H groups in total. The van der Waals surface area contributed by atoms with Crippen LogP contribution in [0.25, 0.3) is 0 Å². The summed E-state index contributed by atoms with van der Waals surface area (Å²) in [4.78, 5) is 34.4. The summed E-state index contributed by atoms with van der Waals surface area (Å²) in [5, 5.41) is 11.9. The number of carbonyl (C=O) groups excluding carboxylic acids is 2. The average Bonchev–Trinajstić information content (AvgIpc) is 3.29. The highest BCUT2D eigenvalue weighted by molar-refractivity contribution is 7.09. The summed E-state index contributed by atoms with van der Waals surface area (Å²) >= 11 is 1.58. The van der Waals surface area contributed by atoms with E-state index in [9.17, 15) is 9.59 Å². The fourth-order valence-electron chi connectivity index (χ4n) is 3.30. The monoisotopic (exact) mass is 384 g/mol. The molecule has 1 unspecified atom stereocenters. The summed E-state index contributed by atoms with van der Waals surface area (Å²) in [7, 11) is 0. The number of aliphatic imine (C=N–C) groups is 2. The molecule has 2 aliphatic rings. The Morgan fingerprint density at radius 3 is 3.07 bits per heavy atom. The maximum absolute atomic E-state index is 12.4. The van der Waals surface area contributed by atoms with Gasteiger partial charge in [-0.05, 0) is 37.6 Å². The van der Waals surface area contributed by atoms with E-state index in [4.69, 9.17) is 0 Å². The van der Waals surface area contributed by atoms with Crippen LogP contribution in [0, 0.1) is 12.8 Å². The second-order valence-corrected chi connectivity index (χ2v) is 7.65.